The third-order valence-corrected chi connectivity index (χ3v) is 8.44. The van der Waals surface area contributed by atoms with Gasteiger partial charge in [0.25, 0.3) is 5.91 Å². The third kappa shape index (κ3) is 4.56. The number of amides is 2. The van der Waals surface area contributed by atoms with Crippen molar-refractivity contribution in [3.8, 4) is 0 Å². The number of ether oxygens (including phenoxy) is 1. The molecule has 3 aliphatic heterocycles. The molecule has 0 saturated carbocycles. The van der Waals surface area contributed by atoms with Crippen molar-refractivity contribution < 1.29 is 22.7 Å². The van der Waals surface area contributed by atoms with Crippen LogP contribution in [0.4, 0.5) is 10.5 Å². The molecule has 162 valence electrons. The van der Waals surface area contributed by atoms with Crippen LogP contribution < -0.4 is 5.32 Å². The van der Waals surface area contributed by atoms with Crippen molar-refractivity contribution in [3.05, 3.63) is 29.8 Å². The number of benzene rings is 1. The number of thioether (sulfide) groups is 1. The van der Waals surface area contributed by atoms with Crippen LogP contribution in [0.5, 0.6) is 0 Å². The normalized spacial score (nSPS) is 24.9. The predicted molar refractivity (Wildman–Crippen MR) is 116 cm³/mol. The molecule has 11 heteroatoms. The summed E-state index contributed by atoms with van der Waals surface area (Å²) in [6.07, 6.45) is -0.338. The van der Waals surface area contributed by atoms with Crippen LogP contribution in [0.3, 0.4) is 0 Å². The standard InChI is InChI=1S/C19H24N4O5S2/c1-2-28-19(25)23-9-7-22(8-10-23)17(24)13-3-5-14(6-4-13)20-18-21-15-11-30(26,27)12-16(15)29-18/h3-6,15-16H,2,7-12H2,1H3,(H,20,21)/t15-,16+/m1/s1. The number of sulfone groups is 1. The van der Waals surface area contributed by atoms with Gasteiger partial charge in [0, 0.05) is 42.7 Å². The van der Waals surface area contributed by atoms with Crippen molar-refractivity contribution in [2.75, 3.05) is 49.6 Å². The Balaban J connectivity index is 1.31. The first kappa shape index (κ1) is 21.0. The van der Waals surface area contributed by atoms with Crippen LogP contribution in [0, 0.1) is 0 Å². The number of aliphatic imine (C=N–C) groups is 1. The van der Waals surface area contributed by atoms with Crippen LogP contribution in [0.1, 0.15) is 17.3 Å². The Bertz CT molecular complexity index is 956. The molecule has 2 saturated heterocycles. The van der Waals surface area contributed by atoms with E-state index in [1.165, 1.54) is 11.8 Å². The van der Waals surface area contributed by atoms with Gasteiger partial charge in [0.15, 0.2) is 15.0 Å². The molecule has 0 aliphatic carbocycles. The number of anilines is 1. The van der Waals surface area contributed by atoms with Gasteiger partial charge in [-0.3, -0.25) is 9.79 Å². The van der Waals surface area contributed by atoms with E-state index in [-0.39, 0.29) is 34.8 Å². The van der Waals surface area contributed by atoms with Crippen LogP contribution in [-0.2, 0) is 14.6 Å². The monoisotopic (exact) mass is 452 g/mol. The third-order valence-electron chi connectivity index (χ3n) is 5.29. The second-order valence-corrected chi connectivity index (χ2v) is 10.8. The molecule has 0 spiro atoms. The Hall–Kier alpha value is -2.27. The van der Waals surface area contributed by atoms with E-state index in [9.17, 15) is 18.0 Å². The number of carbonyl (C=O) groups is 2. The molecule has 2 atom stereocenters. The van der Waals surface area contributed by atoms with Gasteiger partial charge in [-0.25, -0.2) is 13.2 Å². The predicted octanol–water partition coefficient (Wildman–Crippen LogP) is 1.28. The van der Waals surface area contributed by atoms with Crippen LogP contribution in [0.25, 0.3) is 0 Å². The lowest BCUT2D eigenvalue weighted by Gasteiger charge is -2.34. The summed E-state index contributed by atoms with van der Waals surface area (Å²) < 4.78 is 28.3. The highest BCUT2D eigenvalue weighted by Gasteiger charge is 2.42. The minimum absolute atomic E-state index is 0.00775. The average molecular weight is 453 g/mol. The molecule has 1 aromatic carbocycles. The number of hydrogen-bond acceptors (Lipinski definition) is 8. The van der Waals surface area contributed by atoms with Crippen molar-refractivity contribution in [3.63, 3.8) is 0 Å². The van der Waals surface area contributed by atoms with Crippen molar-refractivity contribution >= 4 is 44.5 Å². The van der Waals surface area contributed by atoms with Crippen molar-refractivity contribution in [2.45, 2.75) is 18.2 Å². The molecule has 2 fully saturated rings. The largest absolute Gasteiger partial charge is 0.450 e. The molecule has 30 heavy (non-hydrogen) atoms. The van der Waals surface area contributed by atoms with Crippen LogP contribution >= 0.6 is 11.8 Å². The Kier molecular flexibility index (Phi) is 5.92. The number of hydrogen-bond donors (Lipinski definition) is 1. The maximum Gasteiger partial charge on any atom is 0.409 e. The zero-order valence-corrected chi connectivity index (χ0v) is 18.2. The molecule has 2 amide bonds. The number of rotatable bonds is 3. The number of carbonyl (C=O) groups excluding carboxylic acids is 2. The molecule has 0 unspecified atom stereocenters. The molecule has 1 N–H and O–H groups in total. The number of piperazine rings is 1. The molecule has 4 rings (SSSR count). The molecule has 9 nitrogen and oxygen atoms in total. The molecule has 1 aromatic rings. The Morgan fingerprint density at radius 1 is 1.13 bits per heavy atom. The quantitative estimate of drug-likeness (QED) is 0.736. The first-order valence-corrected chi connectivity index (χ1v) is 12.6. The van der Waals surface area contributed by atoms with E-state index >= 15 is 0 Å². The van der Waals surface area contributed by atoms with E-state index < -0.39 is 9.84 Å². The maximum atomic E-state index is 12.7. The first-order chi connectivity index (χ1) is 14.3. The van der Waals surface area contributed by atoms with Gasteiger partial charge in [-0.1, -0.05) is 11.8 Å². The summed E-state index contributed by atoms with van der Waals surface area (Å²) >= 11 is 1.46. The van der Waals surface area contributed by atoms with Gasteiger partial charge in [-0.05, 0) is 31.2 Å². The van der Waals surface area contributed by atoms with Gasteiger partial charge in [0.05, 0.1) is 24.2 Å². The van der Waals surface area contributed by atoms with Crippen LogP contribution in [0.2, 0.25) is 0 Å². The summed E-state index contributed by atoms with van der Waals surface area (Å²) in [6, 6.07) is 6.98. The molecule has 0 bridgehead atoms. The first-order valence-electron chi connectivity index (χ1n) is 9.87. The van der Waals surface area contributed by atoms with E-state index in [2.05, 4.69) is 10.3 Å². The minimum atomic E-state index is -2.97. The summed E-state index contributed by atoms with van der Waals surface area (Å²) in [4.78, 5) is 32.3. The minimum Gasteiger partial charge on any atom is -0.450 e. The second kappa shape index (κ2) is 8.46. The smallest absolute Gasteiger partial charge is 0.409 e. The molecule has 3 aliphatic rings. The Morgan fingerprint density at radius 3 is 2.43 bits per heavy atom. The lowest BCUT2D eigenvalue weighted by molar-refractivity contribution is 0.0570. The average Bonchev–Trinajstić information content (AvgIpc) is 3.21. The zero-order chi connectivity index (χ0) is 21.3. The van der Waals surface area contributed by atoms with Gasteiger partial charge in [0.2, 0.25) is 0 Å². The number of nitrogens with zero attached hydrogens (tertiary/aromatic N) is 3. The van der Waals surface area contributed by atoms with Gasteiger partial charge in [-0.15, -0.1) is 0 Å². The topological polar surface area (TPSA) is 108 Å². The summed E-state index contributed by atoms with van der Waals surface area (Å²) in [6.45, 7) is 3.96. The molecular weight excluding hydrogens is 428 g/mol. The molecule has 3 heterocycles. The lowest BCUT2D eigenvalue weighted by Crippen LogP contribution is -2.50. The van der Waals surface area contributed by atoms with Gasteiger partial charge < -0.3 is 19.9 Å². The van der Waals surface area contributed by atoms with Crippen molar-refractivity contribution in [2.24, 2.45) is 4.99 Å². The molecule has 0 radical (unpaired) electrons. The fourth-order valence-corrected chi connectivity index (χ4v) is 7.40. The number of amidine groups is 1. The Labute approximate surface area is 179 Å². The Morgan fingerprint density at radius 2 is 1.80 bits per heavy atom. The van der Waals surface area contributed by atoms with Gasteiger partial charge >= 0.3 is 6.09 Å². The number of nitrogens with one attached hydrogen (secondary N) is 1. The van der Waals surface area contributed by atoms with E-state index in [0.29, 0.717) is 43.5 Å². The van der Waals surface area contributed by atoms with Crippen molar-refractivity contribution in [1.29, 1.82) is 0 Å². The van der Waals surface area contributed by atoms with E-state index in [4.69, 9.17) is 4.74 Å². The highest BCUT2D eigenvalue weighted by molar-refractivity contribution is 8.15. The number of fused-ring (bicyclic) bond motifs is 1. The highest BCUT2D eigenvalue weighted by Crippen LogP contribution is 2.34. The lowest BCUT2D eigenvalue weighted by atomic mass is 10.1. The SMILES string of the molecule is CCOC(=O)N1CCN(C(=O)c2ccc(NC3=N[C@@H]4CS(=O)(=O)C[C@@H]4S3)cc2)CC1. The fraction of sp³-hybridized carbons (Fsp3) is 0.526. The van der Waals surface area contributed by atoms with E-state index in [1.54, 1.807) is 28.9 Å². The second-order valence-electron chi connectivity index (χ2n) is 7.42. The maximum absolute atomic E-state index is 12.7. The van der Waals surface area contributed by atoms with Crippen LogP contribution in [-0.4, -0.2) is 91.0 Å². The van der Waals surface area contributed by atoms with Gasteiger partial charge in [0.1, 0.15) is 0 Å². The summed E-state index contributed by atoms with van der Waals surface area (Å²) in [5, 5.41) is 3.92. The van der Waals surface area contributed by atoms with Crippen LogP contribution in [0.15, 0.2) is 29.3 Å². The summed E-state index contributed by atoms with van der Waals surface area (Å²) in [5.41, 5.74) is 1.38. The van der Waals surface area contributed by atoms with Gasteiger partial charge in [-0.2, -0.15) is 0 Å². The zero-order valence-electron chi connectivity index (χ0n) is 16.6. The fourth-order valence-electron chi connectivity index (χ4n) is 3.73. The van der Waals surface area contributed by atoms with E-state index in [0.717, 1.165) is 5.69 Å². The molecule has 0 aromatic heterocycles. The molecular formula is C19H24N4O5S2. The van der Waals surface area contributed by atoms with E-state index in [1.807, 2.05) is 12.1 Å². The van der Waals surface area contributed by atoms with Crippen molar-refractivity contribution in [1.82, 2.24) is 9.80 Å². The highest BCUT2D eigenvalue weighted by atomic mass is 32.2. The summed E-state index contributed by atoms with van der Waals surface area (Å²) in [7, 11) is -2.97. The summed E-state index contributed by atoms with van der Waals surface area (Å²) in [5.74, 6) is 0.220.